The highest BCUT2D eigenvalue weighted by molar-refractivity contribution is 5.92. The van der Waals surface area contributed by atoms with Crippen LogP contribution in [0.1, 0.15) is 43.2 Å². The smallest absolute Gasteiger partial charge is 0.311 e. The van der Waals surface area contributed by atoms with E-state index in [0.29, 0.717) is 25.3 Å². The van der Waals surface area contributed by atoms with Crippen molar-refractivity contribution in [2.24, 2.45) is 0 Å². The predicted octanol–water partition coefficient (Wildman–Crippen LogP) is 4.24. The van der Waals surface area contributed by atoms with Gasteiger partial charge in [0.15, 0.2) is 0 Å². The van der Waals surface area contributed by atoms with Crippen molar-refractivity contribution >= 4 is 18.0 Å². The summed E-state index contributed by atoms with van der Waals surface area (Å²) in [6.45, 7) is 8.72. The van der Waals surface area contributed by atoms with Gasteiger partial charge in [-0.2, -0.15) is 0 Å². The highest BCUT2D eigenvalue weighted by Gasteiger charge is 2.17. The Hall–Kier alpha value is -2.66. The molecule has 0 N–H and O–H groups in total. The van der Waals surface area contributed by atoms with Crippen molar-refractivity contribution < 1.29 is 19.1 Å². The first kappa shape index (κ1) is 20.6. The zero-order valence-electron chi connectivity index (χ0n) is 15.9. The molecule has 27 heavy (non-hydrogen) atoms. The van der Waals surface area contributed by atoms with E-state index in [1.165, 1.54) is 6.08 Å². The molecule has 5 nitrogen and oxygen atoms in total. The van der Waals surface area contributed by atoms with Gasteiger partial charge in [-0.25, -0.2) is 0 Å². The van der Waals surface area contributed by atoms with Gasteiger partial charge in [-0.3, -0.25) is 9.59 Å². The molecule has 0 aromatic heterocycles. The number of ether oxygens (including phenoxy) is 2. The Balaban J connectivity index is 1.66. The summed E-state index contributed by atoms with van der Waals surface area (Å²) < 4.78 is 10.6. The van der Waals surface area contributed by atoms with E-state index in [0.717, 1.165) is 42.5 Å². The third-order valence-corrected chi connectivity index (χ3v) is 4.41. The minimum absolute atomic E-state index is 0.00103. The summed E-state index contributed by atoms with van der Waals surface area (Å²) in [5.41, 5.74) is 2.65. The fourth-order valence-electron chi connectivity index (χ4n) is 2.94. The van der Waals surface area contributed by atoms with E-state index in [1.807, 2.05) is 12.1 Å². The lowest BCUT2D eigenvalue weighted by molar-refractivity contribution is -0.134. The van der Waals surface area contributed by atoms with Crippen LogP contribution in [0.5, 0.6) is 5.75 Å². The third kappa shape index (κ3) is 6.22. The second-order valence-electron chi connectivity index (χ2n) is 6.45. The molecule has 0 saturated heterocycles. The molecule has 0 bridgehead atoms. The maximum atomic E-state index is 12.0. The molecule has 5 heteroatoms. The Morgan fingerprint density at radius 2 is 1.96 bits per heavy atom. The van der Waals surface area contributed by atoms with Crippen LogP contribution in [0, 0.1) is 0 Å². The third-order valence-electron chi connectivity index (χ3n) is 4.41. The van der Waals surface area contributed by atoms with E-state index >= 15 is 0 Å². The van der Waals surface area contributed by atoms with E-state index in [-0.39, 0.29) is 11.9 Å². The number of methoxy groups -OCH3 is 1. The first-order chi connectivity index (χ1) is 13.0. The van der Waals surface area contributed by atoms with Crippen LogP contribution in [0.15, 0.2) is 49.2 Å². The Morgan fingerprint density at radius 1 is 1.19 bits per heavy atom. The number of carbonyl (C=O) groups excluding carboxylic acids is 2. The van der Waals surface area contributed by atoms with Crippen LogP contribution in [0.25, 0.3) is 6.08 Å². The second kappa shape index (κ2) is 10.5. The van der Waals surface area contributed by atoms with Gasteiger partial charge >= 0.3 is 5.97 Å². The van der Waals surface area contributed by atoms with Crippen LogP contribution in [0.4, 0.5) is 0 Å². The number of carbonyl (C=O) groups is 2. The molecule has 1 aliphatic heterocycles. The lowest BCUT2D eigenvalue weighted by atomic mass is 10.1. The van der Waals surface area contributed by atoms with Crippen molar-refractivity contribution in [2.75, 3.05) is 13.7 Å². The molecule has 144 valence electrons. The Bertz CT molecular complexity index is 718. The van der Waals surface area contributed by atoms with Crippen molar-refractivity contribution in [3.63, 3.8) is 0 Å². The first-order valence-corrected chi connectivity index (χ1v) is 9.18. The summed E-state index contributed by atoms with van der Waals surface area (Å²) in [7, 11) is 1.62. The Labute approximate surface area is 161 Å². The molecule has 0 fully saturated rings. The minimum Gasteiger partial charge on any atom is -0.427 e. The SMILES string of the molecule is C=Cc1ccc(OC(=O)CCCCCCN2C(=C)C=CC2=O)cc1COC. The highest BCUT2D eigenvalue weighted by atomic mass is 16.5. The topological polar surface area (TPSA) is 55.8 Å². The number of unbranched alkanes of at least 4 members (excludes halogenated alkanes) is 3. The number of hydrogen-bond acceptors (Lipinski definition) is 4. The average molecular weight is 369 g/mol. The molecule has 0 unspecified atom stereocenters. The average Bonchev–Trinajstić information content (AvgIpc) is 2.97. The molecular weight excluding hydrogens is 342 g/mol. The molecule has 1 amide bonds. The van der Waals surface area contributed by atoms with E-state index < -0.39 is 0 Å². The van der Waals surface area contributed by atoms with Crippen molar-refractivity contribution in [1.82, 2.24) is 4.90 Å². The summed E-state index contributed by atoms with van der Waals surface area (Å²) in [5, 5.41) is 0. The summed E-state index contributed by atoms with van der Waals surface area (Å²) in [6, 6.07) is 5.45. The number of benzene rings is 1. The van der Waals surface area contributed by atoms with Gasteiger partial charge in [-0.05, 0) is 42.2 Å². The normalized spacial score (nSPS) is 13.3. The van der Waals surface area contributed by atoms with Crippen LogP contribution >= 0.6 is 0 Å². The number of rotatable bonds is 11. The van der Waals surface area contributed by atoms with Crippen LogP contribution in [0.2, 0.25) is 0 Å². The van der Waals surface area contributed by atoms with Crippen LogP contribution in [-0.2, 0) is 20.9 Å². The zero-order valence-corrected chi connectivity index (χ0v) is 15.9. The standard InChI is InChI=1S/C22H27NO4/c1-4-18-11-12-20(15-19(18)16-26-3)27-22(25)9-7-5-6-8-14-23-17(2)10-13-21(23)24/h4,10-13,15H,1-2,5-9,14,16H2,3H3. The molecule has 1 aromatic carbocycles. The number of nitrogens with zero attached hydrogens (tertiary/aromatic N) is 1. The number of amides is 1. The lowest BCUT2D eigenvalue weighted by Crippen LogP contribution is -2.24. The van der Waals surface area contributed by atoms with E-state index in [2.05, 4.69) is 13.2 Å². The molecular formula is C22H27NO4. The van der Waals surface area contributed by atoms with E-state index in [4.69, 9.17) is 9.47 Å². The fourth-order valence-corrected chi connectivity index (χ4v) is 2.94. The number of allylic oxidation sites excluding steroid dienone is 1. The monoisotopic (exact) mass is 369 g/mol. The van der Waals surface area contributed by atoms with Crippen LogP contribution < -0.4 is 4.74 Å². The summed E-state index contributed by atoms with van der Waals surface area (Å²) >= 11 is 0. The maximum absolute atomic E-state index is 12.0. The summed E-state index contributed by atoms with van der Waals surface area (Å²) in [4.78, 5) is 25.3. The molecule has 0 saturated carbocycles. The number of hydrogen-bond donors (Lipinski definition) is 0. The molecule has 0 radical (unpaired) electrons. The van der Waals surface area contributed by atoms with Gasteiger partial charge in [-0.1, -0.05) is 38.1 Å². The minimum atomic E-state index is -0.239. The van der Waals surface area contributed by atoms with Crippen molar-refractivity contribution in [2.45, 2.75) is 38.7 Å². The van der Waals surface area contributed by atoms with Gasteiger partial charge in [-0.15, -0.1) is 0 Å². The van der Waals surface area contributed by atoms with Gasteiger partial charge in [0, 0.05) is 31.8 Å². The summed E-state index contributed by atoms with van der Waals surface area (Å²) in [6.07, 6.45) is 8.93. The molecule has 0 spiro atoms. The van der Waals surface area contributed by atoms with Gasteiger partial charge in [0.05, 0.1) is 6.61 Å². The Morgan fingerprint density at radius 3 is 2.63 bits per heavy atom. The van der Waals surface area contributed by atoms with Gasteiger partial charge in [0.25, 0.3) is 5.91 Å². The quantitative estimate of drug-likeness (QED) is 0.332. The predicted molar refractivity (Wildman–Crippen MR) is 106 cm³/mol. The largest absolute Gasteiger partial charge is 0.427 e. The van der Waals surface area contributed by atoms with Gasteiger partial charge in [0.2, 0.25) is 0 Å². The zero-order chi connectivity index (χ0) is 19.6. The molecule has 1 aromatic rings. The maximum Gasteiger partial charge on any atom is 0.311 e. The van der Waals surface area contributed by atoms with Gasteiger partial charge in [0.1, 0.15) is 5.75 Å². The van der Waals surface area contributed by atoms with E-state index in [9.17, 15) is 9.59 Å². The van der Waals surface area contributed by atoms with E-state index in [1.54, 1.807) is 30.2 Å². The molecule has 0 atom stereocenters. The first-order valence-electron chi connectivity index (χ1n) is 9.18. The fraction of sp³-hybridized carbons (Fsp3) is 0.364. The van der Waals surface area contributed by atoms with Crippen LogP contribution in [-0.4, -0.2) is 30.4 Å². The summed E-state index contributed by atoms with van der Waals surface area (Å²) in [5.74, 6) is 0.284. The molecule has 1 aliphatic rings. The molecule has 1 heterocycles. The number of esters is 1. The van der Waals surface area contributed by atoms with Crippen molar-refractivity contribution in [1.29, 1.82) is 0 Å². The van der Waals surface area contributed by atoms with Crippen molar-refractivity contribution in [3.05, 3.63) is 60.3 Å². The Kier molecular flexibility index (Phi) is 8.01. The molecule has 2 rings (SSSR count). The van der Waals surface area contributed by atoms with Gasteiger partial charge < -0.3 is 14.4 Å². The lowest BCUT2D eigenvalue weighted by Gasteiger charge is -2.16. The van der Waals surface area contributed by atoms with Crippen molar-refractivity contribution in [3.8, 4) is 5.75 Å². The second-order valence-corrected chi connectivity index (χ2v) is 6.45. The molecule has 0 aliphatic carbocycles. The highest BCUT2D eigenvalue weighted by Crippen LogP contribution is 2.21. The van der Waals surface area contributed by atoms with Crippen LogP contribution in [0.3, 0.4) is 0 Å².